The van der Waals surface area contributed by atoms with Crippen LogP contribution in [-0.2, 0) is 0 Å². The van der Waals surface area contributed by atoms with Gasteiger partial charge in [0, 0.05) is 0 Å². The van der Waals surface area contributed by atoms with Crippen LogP contribution in [-0.4, -0.2) is 20.8 Å². The summed E-state index contributed by atoms with van der Waals surface area (Å²) in [7, 11) is 0. The fraction of sp³-hybridized carbons (Fsp3) is 0. The second-order valence-corrected chi connectivity index (χ2v) is 5.25. The Morgan fingerprint density at radius 1 is 1.75 bits per heavy atom. The van der Waals surface area contributed by atoms with Gasteiger partial charge in [0.1, 0.15) is 0 Å². The Kier molecular flexibility index (Phi) is 2.06. The van der Waals surface area contributed by atoms with Crippen molar-refractivity contribution in [1.82, 2.24) is 0 Å². The molecule has 0 aliphatic heterocycles. The van der Waals surface area contributed by atoms with Gasteiger partial charge >= 0.3 is 61.4 Å². The summed E-state index contributed by atoms with van der Waals surface area (Å²) in [4.78, 5) is 12.0. The Balaban J connectivity index is 3.00. The van der Waals surface area contributed by atoms with Crippen molar-refractivity contribution in [3.05, 3.63) is 19.9 Å². The Labute approximate surface area is 61.6 Å². The zero-order valence-corrected chi connectivity index (χ0v) is 7.23. The maximum atomic E-state index is 10.0. The van der Waals surface area contributed by atoms with Crippen molar-refractivity contribution >= 4 is 36.7 Å². The summed E-state index contributed by atoms with van der Waals surface area (Å²) in [6.07, 6.45) is 0.871. The predicted octanol–water partition coefficient (Wildman–Crippen LogP) is 1.32. The van der Waals surface area contributed by atoms with Gasteiger partial charge in [-0.15, -0.1) is 0 Å². The van der Waals surface area contributed by atoms with Crippen molar-refractivity contribution in [2.45, 2.75) is 0 Å². The zero-order chi connectivity index (χ0) is 5.98. The molecule has 0 saturated carbocycles. The zero-order valence-electron chi connectivity index (χ0n) is 3.93. The van der Waals surface area contributed by atoms with E-state index >= 15 is 0 Å². The summed E-state index contributed by atoms with van der Waals surface area (Å²) in [5.74, 6) is 0. The monoisotopic (exact) mass is 238 g/mol. The molecule has 0 bridgehead atoms. The van der Waals surface area contributed by atoms with Crippen LogP contribution in [0.25, 0.3) is 0 Å². The molecule has 0 spiro atoms. The number of halogens is 1. The fourth-order valence-corrected chi connectivity index (χ4v) is 2.34. The summed E-state index contributed by atoms with van der Waals surface area (Å²) in [6.45, 7) is 0. The molecular weight excluding hydrogens is 235 g/mol. The number of rotatable bonds is 1. The van der Waals surface area contributed by atoms with Crippen LogP contribution in [0.4, 0.5) is 0 Å². The third-order valence-corrected chi connectivity index (χ3v) is 3.46. The Hall–Kier alpha value is 0.149. The average molecular weight is 238 g/mol. The van der Waals surface area contributed by atoms with E-state index in [2.05, 4.69) is 15.9 Å². The van der Waals surface area contributed by atoms with E-state index in [0.717, 1.165) is 15.2 Å². The molecule has 1 nitrogen and oxygen atoms in total. The molecule has 42 valence electrons. The first kappa shape index (κ1) is 6.27. The van der Waals surface area contributed by atoms with E-state index < -0.39 is 0 Å². The summed E-state index contributed by atoms with van der Waals surface area (Å²) >= 11 is 3.68. The van der Waals surface area contributed by atoms with Gasteiger partial charge in [-0.25, -0.2) is 0 Å². The van der Waals surface area contributed by atoms with Crippen LogP contribution in [0.3, 0.4) is 0 Å². The maximum absolute atomic E-state index is 10.0. The van der Waals surface area contributed by atoms with Crippen LogP contribution >= 0.6 is 15.9 Å². The first-order valence-electron chi connectivity index (χ1n) is 2.02. The van der Waals surface area contributed by atoms with E-state index in [9.17, 15) is 4.79 Å². The van der Waals surface area contributed by atoms with Crippen molar-refractivity contribution in [3.63, 3.8) is 0 Å². The number of aldehydes is 1. The van der Waals surface area contributed by atoms with E-state index in [1.54, 1.807) is 0 Å². The molecule has 0 amide bonds. The molecule has 0 fully saturated rings. The van der Waals surface area contributed by atoms with Crippen LogP contribution < -0.4 is 0 Å². The molecule has 0 unspecified atom stereocenters. The molecule has 1 aromatic rings. The minimum absolute atomic E-state index is 0.385. The van der Waals surface area contributed by atoms with Gasteiger partial charge in [-0.1, -0.05) is 0 Å². The summed E-state index contributed by atoms with van der Waals surface area (Å²) in [6, 6.07) is 1.85. The van der Waals surface area contributed by atoms with Gasteiger partial charge in [-0.2, -0.15) is 0 Å². The summed E-state index contributed by atoms with van der Waals surface area (Å²) in [5.41, 5.74) is 0.803. The van der Waals surface area contributed by atoms with E-state index in [1.807, 2.05) is 11.0 Å². The number of carbonyl (C=O) groups excluding carboxylic acids is 1. The molecule has 0 saturated heterocycles. The first-order valence-corrected chi connectivity index (χ1v) is 4.66. The fourth-order valence-electron chi connectivity index (χ4n) is 0.385. The molecule has 0 atom stereocenters. The molecule has 0 aliphatic carbocycles. The molecule has 0 N–H and O–H groups in total. The summed E-state index contributed by atoms with van der Waals surface area (Å²) < 4.78 is 1.15. The van der Waals surface area contributed by atoms with Crippen molar-refractivity contribution in [1.29, 1.82) is 0 Å². The van der Waals surface area contributed by atoms with E-state index in [-0.39, 0.29) is 0 Å². The third-order valence-electron chi connectivity index (χ3n) is 0.724. The molecule has 0 aliphatic rings. The number of hydrogen-bond acceptors (Lipinski definition) is 1. The topological polar surface area (TPSA) is 17.1 Å². The number of hydrogen-bond donors (Lipinski definition) is 0. The van der Waals surface area contributed by atoms with Crippen molar-refractivity contribution < 1.29 is 4.79 Å². The second kappa shape index (κ2) is 2.62. The van der Waals surface area contributed by atoms with E-state index in [4.69, 9.17) is 0 Å². The summed E-state index contributed by atoms with van der Waals surface area (Å²) in [5, 5.41) is 0. The van der Waals surface area contributed by atoms with Crippen molar-refractivity contribution in [2.75, 3.05) is 0 Å². The standard InChI is InChI=1S/C5H3BrOSe/c6-5-1-4(2-7)3-8-5/h1-3H. The Morgan fingerprint density at radius 3 is 2.75 bits per heavy atom. The second-order valence-electron chi connectivity index (χ2n) is 1.30. The number of carbonyl (C=O) groups is 1. The van der Waals surface area contributed by atoms with Crippen LogP contribution in [0.2, 0.25) is 0 Å². The van der Waals surface area contributed by atoms with Crippen LogP contribution in [0.1, 0.15) is 10.4 Å². The minimum atomic E-state index is 0.385. The van der Waals surface area contributed by atoms with Gasteiger partial charge in [0.25, 0.3) is 0 Å². The van der Waals surface area contributed by atoms with Gasteiger partial charge in [0.05, 0.1) is 0 Å². The van der Waals surface area contributed by atoms with Gasteiger partial charge in [-0.3, -0.25) is 0 Å². The van der Waals surface area contributed by atoms with E-state index in [0.29, 0.717) is 14.5 Å². The van der Waals surface area contributed by atoms with Gasteiger partial charge in [0.15, 0.2) is 0 Å². The quantitative estimate of drug-likeness (QED) is 0.532. The van der Waals surface area contributed by atoms with Crippen molar-refractivity contribution in [2.24, 2.45) is 0 Å². The molecular formula is C5H3BrOSe. The first-order chi connectivity index (χ1) is 3.83. The van der Waals surface area contributed by atoms with Crippen LogP contribution in [0.5, 0.6) is 0 Å². The molecule has 0 aromatic carbocycles. The average Bonchev–Trinajstić information content (AvgIpc) is 2.14. The van der Waals surface area contributed by atoms with Gasteiger partial charge in [-0.05, 0) is 0 Å². The third kappa shape index (κ3) is 1.31. The van der Waals surface area contributed by atoms with Gasteiger partial charge < -0.3 is 0 Å². The molecule has 1 rings (SSSR count). The molecule has 1 aromatic heterocycles. The Bertz CT molecular complexity index is 194. The Morgan fingerprint density at radius 2 is 2.50 bits per heavy atom. The molecule has 3 heteroatoms. The van der Waals surface area contributed by atoms with Gasteiger partial charge in [0.2, 0.25) is 0 Å². The van der Waals surface area contributed by atoms with Crippen LogP contribution in [0, 0.1) is 0 Å². The predicted molar refractivity (Wildman–Crippen MR) is 36.5 cm³/mol. The van der Waals surface area contributed by atoms with Crippen molar-refractivity contribution in [3.8, 4) is 0 Å². The normalized spacial score (nSPS) is 9.12. The molecule has 1 heterocycles. The molecule has 8 heavy (non-hydrogen) atoms. The SMILES string of the molecule is O=Cc1c[se]c(Br)c1. The van der Waals surface area contributed by atoms with E-state index in [1.165, 1.54) is 0 Å². The van der Waals surface area contributed by atoms with Crippen LogP contribution in [0.15, 0.2) is 14.4 Å². The molecule has 0 radical (unpaired) electrons.